The Bertz CT molecular complexity index is 1150. The summed E-state index contributed by atoms with van der Waals surface area (Å²) in [6.45, 7) is 1.75. The van der Waals surface area contributed by atoms with Gasteiger partial charge in [-0.25, -0.2) is 0 Å². The van der Waals surface area contributed by atoms with E-state index in [4.69, 9.17) is 13.9 Å². The Kier molecular flexibility index (Phi) is 5.00. The second-order valence-electron chi connectivity index (χ2n) is 6.36. The van der Waals surface area contributed by atoms with Crippen LogP contribution in [0.1, 0.15) is 27.2 Å². The summed E-state index contributed by atoms with van der Waals surface area (Å²) in [5.41, 5.74) is 0.405. The number of carbonyl (C=O) groups is 2. The molecule has 3 heterocycles. The number of rotatable bonds is 6. The van der Waals surface area contributed by atoms with E-state index in [2.05, 4.69) is 10.2 Å². The SMILES string of the molecule is COc1ccc([C@@H]2C(C(=O)c3ccco3)=C(O)C(=O)N2c2nnc(C)s2)cc1OC. The molecule has 0 unspecified atom stereocenters. The van der Waals surface area contributed by atoms with Gasteiger partial charge in [-0.3, -0.25) is 14.5 Å². The van der Waals surface area contributed by atoms with E-state index in [1.165, 1.54) is 42.8 Å². The molecule has 0 spiro atoms. The minimum Gasteiger partial charge on any atom is -0.503 e. The molecule has 2 aromatic heterocycles. The van der Waals surface area contributed by atoms with E-state index in [1.54, 1.807) is 31.2 Å². The Morgan fingerprint density at radius 3 is 2.57 bits per heavy atom. The number of hydrogen-bond donors (Lipinski definition) is 1. The lowest BCUT2D eigenvalue weighted by atomic mass is 9.95. The van der Waals surface area contributed by atoms with E-state index in [0.29, 0.717) is 22.1 Å². The van der Waals surface area contributed by atoms with Crippen molar-refractivity contribution < 1.29 is 28.6 Å². The Morgan fingerprint density at radius 1 is 1.20 bits per heavy atom. The molecule has 1 aliphatic heterocycles. The summed E-state index contributed by atoms with van der Waals surface area (Å²) in [5, 5.41) is 19.5. The topological polar surface area (TPSA) is 115 Å². The third-order valence-corrected chi connectivity index (χ3v) is 5.48. The number of aliphatic hydroxyl groups excluding tert-OH is 1. The number of aryl methyl sites for hydroxylation is 1. The van der Waals surface area contributed by atoms with E-state index in [9.17, 15) is 14.7 Å². The Hall–Kier alpha value is -3.66. The van der Waals surface area contributed by atoms with E-state index in [1.807, 2.05) is 0 Å². The van der Waals surface area contributed by atoms with Crippen LogP contribution in [0.5, 0.6) is 11.5 Å². The number of Topliss-reactive ketones (excluding diaryl/α,β-unsaturated/α-hetero) is 1. The van der Waals surface area contributed by atoms with Gasteiger partial charge in [0.15, 0.2) is 23.0 Å². The highest BCUT2D eigenvalue weighted by atomic mass is 32.1. The van der Waals surface area contributed by atoms with Gasteiger partial charge in [0.25, 0.3) is 5.91 Å². The van der Waals surface area contributed by atoms with Gasteiger partial charge in [0.1, 0.15) is 5.01 Å². The van der Waals surface area contributed by atoms with Gasteiger partial charge in [-0.1, -0.05) is 17.4 Å². The smallest absolute Gasteiger partial charge is 0.296 e. The maximum Gasteiger partial charge on any atom is 0.296 e. The van der Waals surface area contributed by atoms with Crippen molar-refractivity contribution in [2.75, 3.05) is 19.1 Å². The molecule has 154 valence electrons. The van der Waals surface area contributed by atoms with Crippen molar-refractivity contribution >= 4 is 28.2 Å². The molecule has 1 amide bonds. The van der Waals surface area contributed by atoms with Gasteiger partial charge >= 0.3 is 0 Å². The zero-order valence-electron chi connectivity index (χ0n) is 16.3. The van der Waals surface area contributed by atoms with Crippen LogP contribution in [-0.4, -0.2) is 41.2 Å². The average Bonchev–Trinajstić information content (AvgIpc) is 3.48. The normalized spacial score (nSPS) is 16.3. The maximum atomic E-state index is 13.1. The quantitative estimate of drug-likeness (QED) is 0.596. The zero-order chi connectivity index (χ0) is 21.4. The van der Waals surface area contributed by atoms with E-state index >= 15 is 0 Å². The van der Waals surface area contributed by atoms with Crippen LogP contribution < -0.4 is 14.4 Å². The highest BCUT2D eigenvalue weighted by Gasteiger charge is 2.46. The summed E-state index contributed by atoms with van der Waals surface area (Å²) >= 11 is 1.17. The predicted molar refractivity (Wildman–Crippen MR) is 107 cm³/mol. The monoisotopic (exact) mass is 427 g/mol. The largest absolute Gasteiger partial charge is 0.503 e. The van der Waals surface area contributed by atoms with Crippen molar-refractivity contribution in [3.8, 4) is 11.5 Å². The first-order chi connectivity index (χ1) is 14.5. The molecule has 1 aliphatic rings. The number of aliphatic hydroxyl groups is 1. The number of nitrogens with zero attached hydrogens (tertiary/aromatic N) is 3. The van der Waals surface area contributed by atoms with Crippen molar-refractivity contribution in [3.05, 3.63) is 64.3 Å². The number of ketones is 1. The maximum absolute atomic E-state index is 13.1. The molecule has 3 aromatic rings. The number of carbonyl (C=O) groups excluding carboxylic acids is 2. The minimum atomic E-state index is -0.956. The van der Waals surface area contributed by atoms with Crippen LogP contribution >= 0.6 is 11.3 Å². The van der Waals surface area contributed by atoms with Gasteiger partial charge < -0.3 is 19.0 Å². The minimum absolute atomic E-state index is 0.00474. The first kappa shape index (κ1) is 19.6. The Morgan fingerprint density at radius 2 is 1.97 bits per heavy atom. The summed E-state index contributed by atoms with van der Waals surface area (Å²) in [6, 6.07) is 7.06. The lowest BCUT2D eigenvalue weighted by Crippen LogP contribution is -2.31. The average molecular weight is 427 g/mol. The molecule has 0 saturated heterocycles. The summed E-state index contributed by atoms with van der Waals surface area (Å²) in [6.07, 6.45) is 1.35. The molecule has 0 fully saturated rings. The van der Waals surface area contributed by atoms with Crippen molar-refractivity contribution in [2.45, 2.75) is 13.0 Å². The van der Waals surface area contributed by atoms with Crippen LogP contribution in [0.25, 0.3) is 0 Å². The molecule has 4 rings (SSSR count). The van der Waals surface area contributed by atoms with Crippen molar-refractivity contribution in [1.82, 2.24) is 10.2 Å². The Labute approximate surface area is 175 Å². The van der Waals surface area contributed by atoms with Gasteiger partial charge in [-0.05, 0) is 36.8 Å². The highest BCUT2D eigenvalue weighted by molar-refractivity contribution is 7.15. The van der Waals surface area contributed by atoms with Crippen LogP contribution in [0.4, 0.5) is 5.13 Å². The van der Waals surface area contributed by atoms with E-state index < -0.39 is 23.5 Å². The van der Waals surface area contributed by atoms with Crippen LogP contribution in [0, 0.1) is 6.92 Å². The number of hydrogen-bond acceptors (Lipinski definition) is 9. The summed E-state index contributed by atoms with van der Waals surface area (Å²) < 4.78 is 15.8. The zero-order valence-corrected chi connectivity index (χ0v) is 17.1. The van der Waals surface area contributed by atoms with Crippen LogP contribution in [0.2, 0.25) is 0 Å². The van der Waals surface area contributed by atoms with Crippen molar-refractivity contribution in [3.63, 3.8) is 0 Å². The molecular weight excluding hydrogens is 410 g/mol. The van der Waals surface area contributed by atoms with Gasteiger partial charge in [0, 0.05) is 0 Å². The third kappa shape index (κ3) is 3.11. The van der Waals surface area contributed by atoms with Crippen LogP contribution in [-0.2, 0) is 4.79 Å². The second-order valence-corrected chi connectivity index (χ2v) is 7.52. The molecule has 1 aromatic carbocycles. The van der Waals surface area contributed by atoms with Gasteiger partial charge in [0.05, 0.1) is 32.1 Å². The molecular formula is C20H17N3O6S. The fraction of sp³-hybridized carbons (Fsp3) is 0.200. The number of aromatic nitrogens is 2. The standard InChI is InChI=1S/C20H17N3O6S/c1-10-21-22-20(30-10)23-16(11-6-7-12(27-2)14(9-11)28-3)15(18(25)19(23)26)17(24)13-5-4-8-29-13/h4-9,16,25H,1-3H3/t16-/m1/s1. The number of furan rings is 1. The number of methoxy groups -OCH3 is 2. The number of amides is 1. The molecule has 0 saturated carbocycles. The van der Waals surface area contributed by atoms with Crippen LogP contribution in [0.3, 0.4) is 0 Å². The predicted octanol–water partition coefficient (Wildman–Crippen LogP) is 3.24. The summed E-state index contributed by atoms with van der Waals surface area (Å²) in [7, 11) is 2.99. The molecule has 10 heteroatoms. The first-order valence-corrected chi connectivity index (χ1v) is 9.64. The lowest BCUT2D eigenvalue weighted by Gasteiger charge is -2.24. The number of anilines is 1. The van der Waals surface area contributed by atoms with Crippen LogP contribution in [0.15, 0.2) is 52.3 Å². The lowest BCUT2D eigenvalue weighted by molar-refractivity contribution is -0.117. The summed E-state index contributed by atoms with van der Waals surface area (Å²) in [5.74, 6) is -1.12. The number of ether oxygens (including phenoxy) is 2. The molecule has 1 N–H and O–H groups in total. The molecule has 0 aliphatic carbocycles. The molecule has 0 radical (unpaired) electrons. The third-order valence-electron chi connectivity index (χ3n) is 4.64. The van der Waals surface area contributed by atoms with Gasteiger partial charge in [-0.2, -0.15) is 0 Å². The fourth-order valence-corrected chi connectivity index (χ4v) is 4.01. The first-order valence-electron chi connectivity index (χ1n) is 8.83. The van der Waals surface area contributed by atoms with Crippen molar-refractivity contribution in [2.24, 2.45) is 0 Å². The van der Waals surface area contributed by atoms with E-state index in [0.717, 1.165) is 0 Å². The molecule has 0 bridgehead atoms. The highest BCUT2D eigenvalue weighted by Crippen LogP contribution is 2.44. The fourth-order valence-electron chi connectivity index (χ4n) is 3.30. The second kappa shape index (κ2) is 7.64. The molecule has 30 heavy (non-hydrogen) atoms. The van der Waals surface area contributed by atoms with Gasteiger partial charge in [-0.15, -0.1) is 10.2 Å². The van der Waals surface area contributed by atoms with Crippen molar-refractivity contribution in [1.29, 1.82) is 0 Å². The molecule has 9 nitrogen and oxygen atoms in total. The summed E-state index contributed by atoms with van der Waals surface area (Å²) in [4.78, 5) is 27.4. The molecule has 1 atom stereocenters. The number of benzene rings is 1. The van der Waals surface area contributed by atoms with E-state index in [-0.39, 0.29) is 16.5 Å². The van der Waals surface area contributed by atoms with Gasteiger partial charge in [0.2, 0.25) is 10.9 Å². The Balaban J connectivity index is 1.90.